The van der Waals surface area contributed by atoms with Gasteiger partial charge in [-0.25, -0.2) is 4.68 Å². The molecule has 0 aliphatic rings. The summed E-state index contributed by atoms with van der Waals surface area (Å²) in [5.74, 6) is 1.06. The quantitative estimate of drug-likeness (QED) is 0.798. The topological polar surface area (TPSA) is 79.7 Å². The minimum absolute atomic E-state index is 0.263. The van der Waals surface area contributed by atoms with Crippen molar-refractivity contribution in [2.45, 2.75) is 39.7 Å². The van der Waals surface area contributed by atoms with E-state index in [2.05, 4.69) is 30.3 Å². The van der Waals surface area contributed by atoms with Crippen molar-refractivity contribution in [3.63, 3.8) is 0 Å². The summed E-state index contributed by atoms with van der Waals surface area (Å²) in [5, 5.41) is 16.5. The van der Waals surface area contributed by atoms with E-state index in [1.807, 2.05) is 6.92 Å². The number of anilines is 2. The Hall–Kier alpha value is -1.70. The van der Waals surface area contributed by atoms with Crippen molar-refractivity contribution in [3.05, 3.63) is 5.56 Å². The number of nitrogens with one attached hydrogen (secondary N) is 1. The van der Waals surface area contributed by atoms with Crippen LogP contribution in [0.15, 0.2) is 0 Å². The molecule has 1 rings (SSSR count). The zero-order chi connectivity index (χ0) is 12.1. The first-order valence-corrected chi connectivity index (χ1v) is 5.71. The van der Waals surface area contributed by atoms with Crippen molar-refractivity contribution in [2.24, 2.45) is 0 Å². The molecule has 5 heteroatoms. The first-order valence-electron chi connectivity index (χ1n) is 5.71. The molecule has 0 unspecified atom stereocenters. The molecule has 3 N–H and O–H groups in total. The number of nitrogen functional groups attached to an aromatic ring is 1. The van der Waals surface area contributed by atoms with Crippen LogP contribution in [-0.2, 0) is 0 Å². The molecule has 0 saturated carbocycles. The van der Waals surface area contributed by atoms with Crippen LogP contribution in [0.1, 0.15) is 45.2 Å². The van der Waals surface area contributed by atoms with Gasteiger partial charge in [-0.1, -0.05) is 13.8 Å². The molecule has 0 aliphatic carbocycles. The fourth-order valence-corrected chi connectivity index (χ4v) is 1.76. The molecule has 1 heterocycles. The van der Waals surface area contributed by atoms with Gasteiger partial charge >= 0.3 is 0 Å². The van der Waals surface area contributed by atoms with E-state index in [1.54, 1.807) is 4.68 Å². The van der Waals surface area contributed by atoms with Crippen molar-refractivity contribution in [3.8, 4) is 6.07 Å². The second-order valence-corrected chi connectivity index (χ2v) is 3.67. The van der Waals surface area contributed by atoms with Crippen LogP contribution in [0.4, 0.5) is 11.6 Å². The number of nitrogens with zero attached hydrogens (tertiary/aromatic N) is 3. The first-order chi connectivity index (χ1) is 7.69. The Morgan fingerprint density at radius 1 is 1.44 bits per heavy atom. The zero-order valence-corrected chi connectivity index (χ0v) is 10.1. The van der Waals surface area contributed by atoms with Crippen LogP contribution in [0.2, 0.25) is 0 Å². The summed E-state index contributed by atoms with van der Waals surface area (Å²) in [6, 6.07) is 2.36. The summed E-state index contributed by atoms with van der Waals surface area (Å²) in [6.45, 7) is 6.88. The van der Waals surface area contributed by atoms with Crippen LogP contribution in [0.25, 0.3) is 0 Å². The maximum absolute atomic E-state index is 9.04. The number of hydrogen-bond acceptors (Lipinski definition) is 4. The Kier molecular flexibility index (Phi) is 4.18. The molecule has 0 radical (unpaired) electrons. The Labute approximate surface area is 96.2 Å². The molecule has 0 amide bonds. The Bertz CT molecular complexity index is 384. The van der Waals surface area contributed by atoms with Crippen LogP contribution < -0.4 is 11.1 Å². The van der Waals surface area contributed by atoms with Gasteiger partial charge < -0.3 is 11.1 Å². The van der Waals surface area contributed by atoms with Crippen molar-refractivity contribution in [2.75, 3.05) is 17.6 Å². The summed E-state index contributed by atoms with van der Waals surface area (Å²) < 4.78 is 1.76. The standard InChI is InChI=1S/C11H19N5/c1-4-8(5-2)16-10(13)9(7-12)11(15-16)14-6-3/h8H,4-6,13H2,1-3H3,(H,14,15). The minimum Gasteiger partial charge on any atom is -0.383 e. The first kappa shape index (κ1) is 12.4. The van der Waals surface area contributed by atoms with Gasteiger partial charge in [0.05, 0.1) is 6.04 Å². The van der Waals surface area contributed by atoms with E-state index in [0.29, 0.717) is 17.2 Å². The van der Waals surface area contributed by atoms with Gasteiger partial charge in [0.25, 0.3) is 0 Å². The average molecular weight is 221 g/mol. The van der Waals surface area contributed by atoms with Gasteiger partial charge in [0, 0.05) is 6.54 Å². The smallest absolute Gasteiger partial charge is 0.168 e. The number of rotatable bonds is 5. The molecule has 0 saturated heterocycles. The molecule has 0 aliphatic heterocycles. The molecule has 88 valence electrons. The predicted molar refractivity (Wildman–Crippen MR) is 65.1 cm³/mol. The van der Waals surface area contributed by atoms with Crippen molar-refractivity contribution < 1.29 is 0 Å². The third-order valence-electron chi connectivity index (χ3n) is 2.69. The number of hydrogen-bond donors (Lipinski definition) is 2. The summed E-state index contributed by atoms with van der Waals surface area (Å²) in [4.78, 5) is 0. The molecule has 0 atom stereocenters. The number of nitrogens with two attached hydrogens (primary N) is 1. The molecule has 1 aromatic rings. The fourth-order valence-electron chi connectivity index (χ4n) is 1.76. The molecule has 5 nitrogen and oxygen atoms in total. The molecule has 0 fully saturated rings. The van der Waals surface area contributed by atoms with Crippen LogP contribution >= 0.6 is 0 Å². The van der Waals surface area contributed by atoms with Crippen molar-refractivity contribution in [1.82, 2.24) is 9.78 Å². The number of aromatic nitrogens is 2. The molecular weight excluding hydrogens is 202 g/mol. The highest BCUT2D eigenvalue weighted by Gasteiger charge is 2.18. The van der Waals surface area contributed by atoms with Crippen LogP contribution in [0.3, 0.4) is 0 Å². The van der Waals surface area contributed by atoms with Gasteiger partial charge in [-0.2, -0.15) is 10.4 Å². The molecule has 16 heavy (non-hydrogen) atoms. The highest BCUT2D eigenvalue weighted by atomic mass is 15.4. The van der Waals surface area contributed by atoms with Crippen LogP contribution in [0, 0.1) is 11.3 Å². The SMILES string of the molecule is CCNc1nn(C(CC)CC)c(N)c1C#N. The third kappa shape index (κ3) is 2.11. The van der Waals surface area contributed by atoms with E-state index >= 15 is 0 Å². The Morgan fingerprint density at radius 3 is 2.50 bits per heavy atom. The lowest BCUT2D eigenvalue weighted by atomic mass is 10.2. The highest BCUT2D eigenvalue weighted by Crippen LogP contribution is 2.26. The van der Waals surface area contributed by atoms with Gasteiger partial charge in [0.1, 0.15) is 17.5 Å². The second kappa shape index (κ2) is 5.40. The predicted octanol–water partition coefficient (Wildman–Crippen LogP) is 2.13. The number of nitriles is 1. The maximum Gasteiger partial charge on any atom is 0.168 e. The summed E-state index contributed by atoms with van der Waals surface area (Å²) >= 11 is 0. The molecular formula is C11H19N5. The van der Waals surface area contributed by atoms with Gasteiger partial charge in [-0.15, -0.1) is 0 Å². The van der Waals surface area contributed by atoms with E-state index in [4.69, 9.17) is 11.0 Å². The lowest BCUT2D eigenvalue weighted by Gasteiger charge is -2.14. The summed E-state index contributed by atoms with van der Waals surface area (Å²) in [6.07, 6.45) is 1.91. The largest absolute Gasteiger partial charge is 0.383 e. The lowest BCUT2D eigenvalue weighted by molar-refractivity contribution is 0.435. The van der Waals surface area contributed by atoms with E-state index in [0.717, 1.165) is 19.4 Å². The van der Waals surface area contributed by atoms with E-state index in [9.17, 15) is 0 Å². The molecule has 1 aromatic heterocycles. The minimum atomic E-state index is 0.263. The molecule has 0 aromatic carbocycles. The normalized spacial score (nSPS) is 10.4. The average Bonchev–Trinajstić information content (AvgIpc) is 2.58. The van der Waals surface area contributed by atoms with Gasteiger partial charge in [-0.3, -0.25) is 0 Å². The summed E-state index contributed by atoms with van der Waals surface area (Å²) in [7, 11) is 0. The summed E-state index contributed by atoms with van der Waals surface area (Å²) in [5.41, 5.74) is 6.39. The highest BCUT2D eigenvalue weighted by molar-refractivity contribution is 5.63. The van der Waals surface area contributed by atoms with Crippen LogP contribution in [-0.4, -0.2) is 16.3 Å². The van der Waals surface area contributed by atoms with Gasteiger partial charge in [-0.05, 0) is 19.8 Å². The fraction of sp³-hybridized carbons (Fsp3) is 0.636. The van der Waals surface area contributed by atoms with Gasteiger partial charge in [0.2, 0.25) is 0 Å². The molecule has 0 spiro atoms. The monoisotopic (exact) mass is 221 g/mol. The Balaban J connectivity index is 3.17. The van der Waals surface area contributed by atoms with Crippen molar-refractivity contribution in [1.29, 1.82) is 5.26 Å². The zero-order valence-electron chi connectivity index (χ0n) is 10.1. The second-order valence-electron chi connectivity index (χ2n) is 3.67. The van der Waals surface area contributed by atoms with E-state index in [1.165, 1.54) is 0 Å². The maximum atomic E-state index is 9.04. The lowest BCUT2D eigenvalue weighted by Crippen LogP contribution is -2.12. The van der Waals surface area contributed by atoms with Crippen LogP contribution in [0.5, 0.6) is 0 Å². The van der Waals surface area contributed by atoms with E-state index < -0.39 is 0 Å². The van der Waals surface area contributed by atoms with Crippen molar-refractivity contribution >= 4 is 11.6 Å². The Morgan fingerprint density at radius 2 is 2.06 bits per heavy atom. The molecule has 0 bridgehead atoms. The third-order valence-corrected chi connectivity index (χ3v) is 2.69. The van der Waals surface area contributed by atoms with Gasteiger partial charge in [0.15, 0.2) is 5.82 Å². The van der Waals surface area contributed by atoms with E-state index in [-0.39, 0.29) is 6.04 Å².